The molecule has 0 saturated carbocycles. The normalized spacial score (nSPS) is 10.6. The first-order valence-electron chi connectivity index (χ1n) is 7.42. The SMILES string of the molecule is Cc1cccc(CNc2nncc(Nc3ccc(F)c(F)c3F)n2)c1. The van der Waals surface area contributed by atoms with Crippen molar-refractivity contribution in [3.8, 4) is 0 Å². The molecule has 1 heterocycles. The molecule has 0 aliphatic rings. The van der Waals surface area contributed by atoms with E-state index in [0.29, 0.717) is 6.54 Å². The van der Waals surface area contributed by atoms with Crippen LogP contribution < -0.4 is 10.6 Å². The van der Waals surface area contributed by atoms with E-state index in [4.69, 9.17) is 0 Å². The van der Waals surface area contributed by atoms with E-state index in [1.54, 1.807) is 0 Å². The molecule has 0 saturated heterocycles. The number of halogens is 3. The summed E-state index contributed by atoms with van der Waals surface area (Å²) in [5, 5.41) is 13.1. The second kappa shape index (κ2) is 7.16. The van der Waals surface area contributed by atoms with Gasteiger partial charge in [-0.15, -0.1) is 5.10 Å². The van der Waals surface area contributed by atoms with Crippen molar-refractivity contribution in [2.75, 3.05) is 10.6 Å². The Hall–Kier alpha value is -3.16. The van der Waals surface area contributed by atoms with Gasteiger partial charge in [-0.3, -0.25) is 0 Å². The molecular weight excluding hydrogens is 331 g/mol. The van der Waals surface area contributed by atoms with Crippen LogP contribution in [0.2, 0.25) is 0 Å². The first kappa shape index (κ1) is 16.7. The van der Waals surface area contributed by atoms with Crippen LogP contribution >= 0.6 is 0 Å². The van der Waals surface area contributed by atoms with E-state index in [0.717, 1.165) is 23.3 Å². The summed E-state index contributed by atoms with van der Waals surface area (Å²) in [5.41, 5.74) is 1.92. The molecule has 0 radical (unpaired) electrons. The lowest BCUT2D eigenvalue weighted by molar-refractivity contribution is 0.449. The molecule has 0 bridgehead atoms. The molecule has 2 N–H and O–H groups in total. The van der Waals surface area contributed by atoms with Gasteiger partial charge in [-0.05, 0) is 24.6 Å². The largest absolute Gasteiger partial charge is 0.349 e. The first-order chi connectivity index (χ1) is 12.0. The van der Waals surface area contributed by atoms with E-state index in [1.807, 2.05) is 31.2 Å². The van der Waals surface area contributed by atoms with Crippen molar-refractivity contribution in [2.24, 2.45) is 0 Å². The molecule has 3 aromatic rings. The van der Waals surface area contributed by atoms with Gasteiger partial charge in [-0.1, -0.05) is 29.8 Å². The van der Waals surface area contributed by atoms with Crippen molar-refractivity contribution in [2.45, 2.75) is 13.5 Å². The highest BCUT2D eigenvalue weighted by atomic mass is 19.2. The van der Waals surface area contributed by atoms with Crippen LogP contribution in [0.3, 0.4) is 0 Å². The highest BCUT2D eigenvalue weighted by molar-refractivity contribution is 5.57. The minimum Gasteiger partial charge on any atom is -0.349 e. The summed E-state index contributed by atoms with van der Waals surface area (Å²) in [5.74, 6) is -3.77. The molecule has 8 heteroatoms. The summed E-state index contributed by atoms with van der Waals surface area (Å²) < 4.78 is 39.9. The Kier molecular flexibility index (Phi) is 4.78. The minimum absolute atomic E-state index is 0.145. The second-order valence-electron chi connectivity index (χ2n) is 5.36. The van der Waals surface area contributed by atoms with Crippen molar-refractivity contribution in [1.82, 2.24) is 15.2 Å². The summed E-state index contributed by atoms with van der Waals surface area (Å²) in [6.07, 6.45) is 1.25. The molecule has 0 spiro atoms. The Morgan fingerprint density at radius 1 is 1.04 bits per heavy atom. The Balaban J connectivity index is 1.72. The fourth-order valence-electron chi connectivity index (χ4n) is 2.20. The Morgan fingerprint density at radius 3 is 2.68 bits per heavy atom. The molecular formula is C17H14F3N5. The highest BCUT2D eigenvalue weighted by Crippen LogP contribution is 2.22. The number of aryl methyl sites for hydroxylation is 1. The predicted molar refractivity (Wildman–Crippen MR) is 87.9 cm³/mol. The van der Waals surface area contributed by atoms with E-state index in [-0.39, 0.29) is 17.5 Å². The molecule has 0 amide bonds. The predicted octanol–water partition coefficient (Wildman–Crippen LogP) is 3.95. The highest BCUT2D eigenvalue weighted by Gasteiger charge is 2.14. The van der Waals surface area contributed by atoms with E-state index < -0.39 is 17.5 Å². The molecule has 0 aliphatic carbocycles. The quantitative estimate of drug-likeness (QED) is 0.686. The average Bonchev–Trinajstić information content (AvgIpc) is 2.61. The molecule has 2 aromatic carbocycles. The van der Waals surface area contributed by atoms with Crippen molar-refractivity contribution in [3.63, 3.8) is 0 Å². The van der Waals surface area contributed by atoms with Crippen LogP contribution in [0.5, 0.6) is 0 Å². The van der Waals surface area contributed by atoms with Crippen molar-refractivity contribution >= 4 is 17.5 Å². The van der Waals surface area contributed by atoms with Gasteiger partial charge >= 0.3 is 0 Å². The van der Waals surface area contributed by atoms with Crippen LogP contribution in [-0.2, 0) is 6.54 Å². The third-order valence-corrected chi connectivity index (χ3v) is 3.39. The number of anilines is 3. The topological polar surface area (TPSA) is 62.7 Å². The monoisotopic (exact) mass is 345 g/mol. The summed E-state index contributed by atoms with van der Waals surface area (Å²) in [6.45, 7) is 2.47. The summed E-state index contributed by atoms with van der Waals surface area (Å²) >= 11 is 0. The summed E-state index contributed by atoms with van der Waals surface area (Å²) in [7, 11) is 0. The number of nitrogens with one attached hydrogen (secondary N) is 2. The van der Waals surface area contributed by atoms with Crippen LogP contribution in [0, 0.1) is 24.4 Å². The van der Waals surface area contributed by atoms with Crippen LogP contribution in [0.25, 0.3) is 0 Å². The zero-order valence-corrected chi connectivity index (χ0v) is 13.2. The zero-order chi connectivity index (χ0) is 17.8. The van der Waals surface area contributed by atoms with Gasteiger partial charge in [0.1, 0.15) is 0 Å². The van der Waals surface area contributed by atoms with E-state index in [2.05, 4.69) is 25.8 Å². The number of rotatable bonds is 5. The fraction of sp³-hybridized carbons (Fsp3) is 0.118. The molecule has 25 heavy (non-hydrogen) atoms. The van der Waals surface area contributed by atoms with Gasteiger partial charge in [0.15, 0.2) is 23.3 Å². The van der Waals surface area contributed by atoms with Crippen LogP contribution in [0.4, 0.5) is 30.6 Å². The molecule has 3 rings (SSSR count). The van der Waals surface area contributed by atoms with Crippen molar-refractivity contribution in [3.05, 3.63) is 71.2 Å². The summed E-state index contributed by atoms with van der Waals surface area (Å²) in [4.78, 5) is 4.12. The maximum atomic E-state index is 13.7. The van der Waals surface area contributed by atoms with E-state index >= 15 is 0 Å². The maximum absolute atomic E-state index is 13.7. The Labute approximate surface area is 141 Å². The Morgan fingerprint density at radius 2 is 1.88 bits per heavy atom. The second-order valence-corrected chi connectivity index (χ2v) is 5.36. The molecule has 0 aliphatic heterocycles. The average molecular weight is 345 g/mol. The molecule has 0 unspecified atom stereocenters. The van der Waals surface area contributed by atoms with Gasteiger partial charge in [0.05, 0.1) is 11.9 Å². The van der Waals surface area contributed by atoms with Crippen molar-refractivity contribution in [1.29, 1.82) is 0 Å². The lowest BCUT2D eigenvalue weighted by Gasteiger charge is -2.09. The van der Waals surface area contributed by atoms with Gasteiger partial charge < -0.3 is 10.6 Å². The summed E-state index contributed by atoms with van der Waals surface area (Å²) in [6, 6.07) is 9.80. The number of hydrogen-bond donors (Lipinski definition) is 2. The first-order valence-corrected chi connectivity index (χ1v) is 7.42. The number of aromatic nitrogens is 3. The Bertz CT molecular complexity index is 901. The van der Waals surface area contributed by atoms with Crippen LogP contribution in [0.15, 0.2) is 42.6 Å². The molecule has 0 atom stereocenters. The minimum atomic E-state index is -1.55. The molecule has 1 aromatic heterocycles. The van der Waals surface area contributed by atoms with Gasteiger partial charge in [-0.2, -0.15) is 10.1 Å². The molecule has 0 fully saturated rings. The van der Waals surface area contributed by atoms with Gasteiger partial charge in [-0.25, -0.2) is 13.2 Å². The third kappa shape index (κ3) is 4.03. The van der Waals surface area contributed by atoms with Gasteiger partial charge in [0.25, 0.3) is 0 Å². The number of hydrogen-bond acceptors (Lipinski definition) is 5. The number of nitrogens with zero attached hydrogens (tertiary/aromatic N) is 3. The van der Waals surface area contributed by atoms with Crippen LogP contribution in [0.1, 0.15) is 11.1 Å². The fourth-order valence-corrected chi connectivity index (χ4v) is 2.20. The zero-order valence-electron chi connectivity index (χ0n) is 13.2. The van der Waals surface area contributed by atoms with Gasteiger partial charge in [0, 0.05) is 6.54 Å². The van der Waals surface area contributed by atoms with Gasteiger partial charge in [0.2, 0.25) is 5.95 Å². The lowest BCUT2D eigenvalue weighted by atomic mass is 10.1. The van der Waals surface area contributed by atoms with Crippen LogP contribution in [-0.4, -0.2) is 15.2 Å². The van der Waals surface area contributed by atoms with Crippen molar-refractivity contribution < 1.29 is 13.2 Å². The van der Waals surface area contributed by atoms with E-state index in [1.165, 1.54) is 6.20 Å². The maximum Gasteiger partial charge on any atom is 0.244 e. The van der Waals surface area contributed by atoms with E-state index in [9.17, 15) is 13.2 Å². The third-order valence-electron chi connectivity index (χ3n) is 3.39. The smallest absolute Gasteiger partial charge is 0.244 e. The molecule has 5 nitrogen and oxygen atoms in total. The number of benzene rings is 2. The lowest BCUT2D eigenvalue weighted by Crippen LogP contribution is -2.07. The standard InChI is InChI=1S/C17H14F3N5/c1-10-3-2-4-11(7-10)8-21-17-24-14(9-22-25-17)23-13-6-5-12(18)15(19)16(13)20/h2-7,9H,8H2,1H3,(H2,21,23,24,25). The molecule has 128 valence electrons.